The molecule has 0 amide bonds. The first-order valence-corrected chi connectivity index (χ1v) is 13.8. The van der Waals surface area contributed by atoms with Gasteiger partial charge in [0.15, 0.2) is 10.1 Å². The minimum absolute atomic E-state index is 0.0609. The second-order valence-electron chi connectivity index (χ2n) is 7.41. The van der Waals surface area contributed by atoms with Crippen molar-refractivity contribution in [2.24, 2.45) is 0 Å². The van der Waals surface area contributed by atoms with Crippen molar-refractivity contribution in [2.75, 3.05) is 30.7 Å². The quantitative estimate of drug-likeness (QED) is 0.325. The van der Waals surface area contributed by atoms with Crippen LogP contribution in [0.15, 0.2) is 69.9 Å². The molecular formula is C23H24N4O3S3. The monoisotopic (exact) mass is 500 g/mol. The van der Waals surface area contributed by atoms with Crippen LogP contribution in [0.25, 0.3) is 6.08 Å². The highest BCUT2D eigenvalue weighted by atomic mass is 32.2. The highest BCUT2D eigenvalue weighted by molar-refractivity contribution is 8.01. The van der Waals surface area contributed by atoms with Crippen LogP contribution < -0.4 is 5.32 Å². The molecule has 1 aliphatic rings. The molecule has 1 saturated heterocycles. The van der Waals surface area contributed by atoms with Gasteiger partial charge in [-0.2, -0.15) is 4.31 Å². The van der Waals surface area contributed by atoms with Crippen molar-refractivity contribution in [3.8, 4) is 0 Å². The summed E-state index contributed by atoms with van der Waals surface area (Å²) in [6.45, 7) is 1.17. The van der Waals surface area contributed by atoms with Crippen LogP contribution in [0.1, 0.15) is 28.8 Å². The lowest BCUT2D eigenvalue weighted by Crippen LogP contribution is -2.27. The lowest BCUT2D eigenvalue weighted by molar-refractivity contribution is 0.101. The molecule has 0 saturated carbocycles. The molecule has 0 radical (unpaired) electrons. The summed E-state index contributed by atoms with van der Waals surface area (Å²) in [7, 11) is -3.48. The summed E-state index contributed by atoms with van der Waals surface area (Å²) < 4.78 is 27.5. The maximum absolute atomic E-state index is 12.6. The Kier molecular flexibility index (Phi) is 7.92. The molecule has 33 heavy (non-hydrogen) atoms. The summed E-state index contributed by atoms with van der Waals surface area (Å²) in [6, 6.07) is 16.2. The molecule has 2 heterocycles. The predicted octanol–water partition coefficient (Wildman–Crippen LogP) is 4.42. The van der Waals surface area contributed by atoms with Gasteiger partial charge in [0.25, 0.3) is 0 Å². The Balaban J connectivity index is 1.26. The van der Waals surface area contributed by atoms with E-state index in [1.807, 2.05) is 30.3 Å². The topological polar surface area (TPSA) is 92.3 Å². The van der Waals surface area contributed by atoms with Crippen LogP contribution in [-0.2, 0) is 10.0 Å². The van der Waals surface area contributed by atoms with Gasteiger partial charge in [-0.15, -0.1) is 10.2 Å². The van der Waals surface area contributed by atoms with Gasteiger partial charge in [-0.1, -0.05) is 65.6 Å². The van der Waals surface area contributed by atoms with E-state index in [2.05, 4.69) is 27.7 Å². The van der Waals surface area contributed by atoms with E-state index in [0.717, 1.165) is 28.5 Å². The number of hydrogen-bond acceptors (Lipinski definition) is 8. The van der Waals surface area contributed by atoms with Crippen molar-refractivity contribution >= 4 is 50.1 Å². The van der Waals surface area contributed by atoms with E-state index in [-0.39, 0.29) is 17.2 Å². The summed E-state index contributed by atoms with van der Waals surface area (Å²) in [6.07, 6.45) is 5.91. The molecule has 0 atom stereocenters. The van der Waals surface area contributed by atoms with E-state index in [4.69, 9.17) is 0 Å². The van der Waals surface area contributed by atoms with Crippen LogP contribution in [0.4, 0.5) is 5.13 Å². The van der Waals surface area contributed by atoms with Gasteiger partial charge in [-0.05, 0) is 42.7 Å². The number of benzene rings is 2. The summed E-state index contributed by atoms with van der Waals surface area (Å²) in [4.78, 5) is 12.7. The number of nitrogens with one attached hydrogen (secondary N) is 1. The van der Waals surface area contributed by atoms with Gasteiger partial charge in [-0.25, -0.2) is 8.42 Å². The SMILES string of the molecule is O=C(CNc1nnc(SC/C=C/c2ccccc2)s1)c1ccc(S(=O)(=O)N2CCCC2)cc1. The largest absolute Gasteiger partial charge is 0.353 e. The molecule has 1 aliphatic heterocycles. The van der Waals surface area contributed by atoms with Gasteiger partial charge in [0.2, 0.25) is 15.2 Å². The first-order valence-electron chi connectivity index (χ1n) is 10.6. The van der Waals surface area contributed by atoms with Crippen molar-refractivity contribution in [1.82, 2.24) is 14.5 Å². The molecule has 172 valence electrons. The molecule has 0 spiro atoms. The average Bonchev–Trinajstić information content (AvgIpc) is 3.54. The number of ketones is 1. The zero-order valence-electron chi connectivity index (χ0n) is 17.9. The molecule has 0 aliphatic carbocycles. The third-order valence-electron chi connectivity index (χ3n) is 5.10. The number of nitrogens with zero attached hydrogens (tertiary/aromatic N) is 3. The summed E-state index contributed by atoms with van der Waals surface area (Å²) >= 11 is 2.97. The van der Waals surface area contributed by atoms with E-state index in [9.17, 15) is 13.2 Å². The van der Waals surface area contributed by atoms with Crippen molar-refractivity contribution in [3.63, 3.8) is 0 Å². The maximum Gasteiger partial charge on any atom is 0.243 e. The molecule has 2 aromatic carbocycles. The molecule has 1 aromatic heterocycles. The highest BCUT2D eigenvalue weighted by Crippen LogP contribution is 2.26. The van der Waals surface area contributed by atoms with Gasteiger partial charge >= 0.3 is 0 Å². The Morgan fingerprint density at radius 3 is 2.52 bits per heavy atom. The molecule has 1 fully saturated rings. The van der Waals surface area contributed by atoms with Gasteiger partial charge in [-0.3, -0.25) is 4.79 Å². The van der Waals surface area contributed by atoms with E-state index in [1.165, 1.54) is 27.8 Å². The molecule has 0 bridgehead atoms. The maximum atomic E-state index is 12.6. The Morgan fingerprint density at radius 2 is 1.79 bits per heavy atom. The number of Topliss-reactive ketones (excluding diaryl/α,β-unsaturated/α-hetero) is 1. The number of aromatic nitrogens is 2. The molecule has 0 unspecified atom stereocenters. The van der Waals surface area contributed by atoms with E-state index in [1.54, 1.807) is 23.9 Å². The number of sulfonamides is 1. The number of rotatable bonds is 10. The molecule has 1 N–H and O–H groups in total. The second-order valence-corrected chi connectivity index (χ2v) is 11.6. The molecule has 10 heteroatoms. The Hall–Kier alpha value is -2.53. The lowest BCUT2D eigenvalue weighted by Gasteiger charge is -2.15. The van der Waals surface area contributed by atoms with Gasteiger partial charge in [0.1, 0.15) is 0 Å². The number of thioether (sulfide) groups is 1. The molecular weight excluding hydrogens is 476 g/mol. The minimum Gasteiger partial charge on any atom is -0.353 e. The second kappa shape index (κ2) is 11.1. The molecule has 7 nitrogen and oxygen atoms in total. The fourth-order valence-corrected chi connectivity index (χ4v) is 6.46. The van der Waals surface area contributed by atoms with E-state index in [0.29, 0.717) is 23.8 Å². The van der Waals surface area contributed by atoms with Crippen molar-refractivity contribution in [3.05, 3.63) is 71.8 Å². The predicted molar refractivity (Wildman–Crippen MR) is 133 cm³/mol. The molecule has 4 rings (SSSR count). The smallest absolute Gasteiger partial charge is 0.243 e. The standard InChI is InChI=1S/C23H24N4O3S3/c28-21(19-10-12-20(13-11-19)33(29,30)27-14-4-5-15-27)17-24-22-25-26-23(32-22)31-16-6-9-18-7-2-1-3-8-18/h1-3,6-13H,4-5,14-17H2,(H,24,25)/b9-6+. The summed E-state index contributed by atoms with van der Waals surface area (Å²) in [5, 5.41) is 11.8. The first-order chi connectivity index (χ1) is 16.0. The van der Waals surface area contributed by atoms with Crippen molar-refractivity contribution in [1.29, 1.82) is 0 Å². The summed E-state index contributed by atoms with van der Waals surface area (Å²) in [5.74, 6) is 0.630. The van der Waals surface area contributed by atoms with Crippen LogP contribution in [0.2, 0.25) is 0 Å². The van der Waals surface area contributed by atoms with Crippen LogP contribution in [0, 0.1) is 0 Å². The van der Waals surface area contributed by atoms with Gasteiger partial charge in [0, 0.05) is 24.4 Å². The first kappa shape index (κ1) is 23.6. The number of carbonyl (C=O) groups excluding carboxylic acids is 1. The zero-order chi connectivity index (χ0) is 23.1. The van der Waals surface area contributed by atoms with E-state index < -0.39 is 10.0 Å². The van der Waals surface area contributed by atoms with Crippen LogP contribution in [0.3, 0.4) is 0 Å². The zero-order valence-corrected chi connectivity index (χ0v) is 20.3. The Labute approximate surface area is 202 Å². The number of carbonyl (C=O) groups is 1. The fraction of sp³-hybridized carbons (Fsp3) is 0.261. The Bertz CT molecular complexity index is 1200. The minimum atomic E-state index is -3.48. The van der Waals surface area contributed by atoms with Crippen LogP contribution in [0.5, 0.6) is 0 Å². The van der Waals surface area contributed by atoms with Crippen LogP contribution >= 0.6 is 23.1 Å². The van der Waals surface area contributed by atoms with E-state index >= 15 is 0 Å². The fourth-order valence-electron chi connectivity index (χ4n) is 3.36. The number of hydrogen-bond donors (Lipinski definition) is 1. The average molecular weight is 501 g/mol. The van der Waals surface area contributed by atoms with Crippen molar-refractivity contribution < 1.29 is 13.2 Å². The van der Waals surface area contributed by atoms with Crippen molar-refractivity contribution in [2.45, 2.75) is 22.1 Å². The normalized spacial score (nSPS) is 14.7. The number of anilines is 1. The van der Waals surface area contributed by atoms with Gasteiger partial charge in [0.05, 0.1) is 11.4 Å². The van der Waals surface area contributed by atoms with Crippen LogP contribution in [-0.4, -0.2) is 54.1 Å². The van der Waals surface area contributed by atoms with Gasteiger partial charge < -0.3 is 5.32 Å². The summed E-state index contributed by atoms with van der Waals surface area (Å²) in [5.41, 5.74) is 1.60. The highest BCUT2D eigenvalue weighted by Gasteiger charge is 2.27. The molecule has 3 aromatic rings. The lowest BCUT2D eigenvalue weighted by atomic mass is 10.1. The third kappa shape index (κ3) is 6.29. The Morgan fingerprint density at radius 1 is 1.06 bits per heavy atom. The third-order valence-corrected chi connectivity index (χ3v) is 8.98.